The maximum atomic E-state index is 13.0. The van der Waals surface area contributed by atoms with E-state index >= 15 is 0 Å². The molecule has 4 aliphatic rings. The fourth-order valence-electron chi connectivity index (χ4n) is 5.40. The van der Waals surface area contributed by atoms with Gasteiger partial charge in [-0.25, -0.2) is 0 Å². The number of likely N-dealkylation sites (tertiary alicyclic amines) is 2. The summed E-state index contributed by atoms with van der Waals surface area (Å²) in [5.41, 5.74) is 12.7. The van der Waals surface area contributed by atoms with Crippen molar-refractivity contribution in [2.45, 2.75) is 49.5 Å². The summed E-state index contributed by atoms with van der Waals surface area (Å²) in [7, 11) is 0. The number of nitrogens with two attached hydrogens (primary N) is 2. The van der Waals surface area contributed by atoms with Gasteiger partial charge in [-0.15, -0.1) is 0 Å². The first-order valence-corrected chi connectivity index (χ1v) is 10.3. The molecule has 30 heavy (non-hydrogen) atoms. The van der Waals surface area contributed by atoms with Gasteiger partial charge >= 0.3 is 0 Å². The highest BCUT2D eigenvalue weighted by Gasteiger charge is 2.55. The molecule has 4 N–H and O–H groups in total. The van der Waals surface area contributed by atoms with Crippen LogP contribution in [0.15, 0.2) is 24.3 Å². The predicted octanol–water partition coefficient (Wildman–Crippen LogP) is -0.585. The number of carbonyl (C=O) groups excluding carboxylic acids is 3. The Balaban J connectivity index is 1.24. The van der Waals surface area contributed by atoms with E-state index in [2.05, 4.69) is 6.07 Å². The Bertz CT molecular complexity index is 956. The van der Waals surface area contributed by atoms with Gasteiger partial charge in [0.25, 0.3) is 0 Å². The molecule has 6 atom stereocenters. The van der Waals surface area contributed by atoms with E-state index in [1.165, 1.54) is 0 Å². The molecule has 0 aromatic heterocycles. The molecule has 1 aliphatic carbocycles. The van der Waals surface area contributed by atoms with Crippen molar-refractivity contribution >= 4 is 23.4 Å². The van der Waals surface area contributed by atoms with Crippen molar-refractivity contribution in [3.05, 3.63) is 29.8 Å². The summed E-state index contributed by atoms with van der Waals surface area (Å²) in [6.45, 7) is 0.953. The van der Waals surface area contributed by atoms with Gasteiger partial charge in [0.05, 0.1) is 24.2 Å². The number of nitriles is 1. The van der Waals surface area contributed by atoms with Gasteiger partial charge in [0.1, 0.15) is 6.04 Å². The number of fused-ring (bicyclic) bond motifs is 3. The van der Waals surface area contributed by atoms with Gasteiger partial charge in [-0.2, -0.15) is 5.26 Å². The highest BCUT2D eigenvalue weighted by atomic mass is 16.2. The molecule has 1 aromatic carbocycles. The molecular weight excluding hydrogens is 384 g/mol. The van der Waals surface area contributed by atoms with Crippen molar-refractivity contribution in [3.8, 4) is 6.07 Å². The van der Waals surface area contributed by atoms with Crippen molar-refractivity contribution in [3.63, 3.8) is 0 Å². The summed E-state index contributed by atoms with van der Waals surface area (Å²) in [4.78, 5) is 42.6. The van der Waals surface area contributed by atoms with Crippen LogP contribution in [0.4, 0.5) is 5.69 Å². The molecule has 1 unspecified atom stereocenters. The van der Waals surface area contributed by atoms with Crippen molar-refractivity contribution < 1.29 is 14.4 Å². The quantitative estimate of drug-likeness (QED) is 0.668. The van der Waals surface area contributed by atoms with E-state index in [9.17, 15) is 19.6 Å². The number of hydrogen-bond donors (Lipinski definition) is 2. The Morgan fingerprint density at radius 3 is 2.57 bits per heavy atom. The number of rotatable bonds is 5. The van der Waals surface area contributed by atoms with Crippen molar-refractivity contribution in [2.24, 2.45) is 17.4 Å². The second-order valence-electron chi connectivity index (χ2n) is 8.77. The zero-order valence-corrected chi connectivity index (χ0v) is 16.5. The van der Waals surface area contributed by atoms with Crippen LogP contribution in [0.5, 0.6) is 0 Å². The van der Waals surface area contributed by atoms with E-state index in [4.69, 9.17) is 11.5 Å². The summed E-state index contributed by atoms with van der Waals surface area (Å²) >= 11 is 0. The lowest BCUT2D eigenvalue weighted by Crippen LogP contribution is -2.57. The third-order valence-electron chi connectivity index (χ3n) is 6.96. The monoisotopic (exact) mass is 408 g/mol. The number of nitrogens with zero attached hydrogens (tertiary/aromatic N) is 4. The molecule has 3 saturated heterocycles. The normalized spacial score (nSPS) is 32.8. The molecule has 0 spiro atoms. The molecule has 156 valence electrons. The molecule has 1 aromatic rings. The fraction of sp³-hybridized carbons (Fsp3) is 0.524. The van der Waals surface area contributed by atoms with Crippen LogP contribution < -0.4 is 16.4 Å². The zero-order chi connectivity index (χ0) is 21.2. The third-order valence-corrected chi connectivity index (χ3v) is 6.96. The average Bonchev–Trinajstić information content (AvgIpc) is 3.07. The van der Waals surface area contributed by atoms with Crippen molar-refractivity contribution in [1.82, 2.24) is 9.80 Å². The summed E-state index contributed by atoms with van der Waals surface area (Å²) in [6, 6.07) is 7.70. The van der Waals surface area contributed by atoms with Gasteiger partial charge in [-0.1, -0.05) is 0 Å². The standard InChI is InChI=1S/C21H24N6O3/c22-8-14-5-12-6-17(12)27(14)20(29)16(23)10-25-9-15-7-18(25)21(30)26(15)13-3-1-11(2-4-13)19(24)28/h1-4,12,14-18H,5-7,9-10,23H2,(H2,24,28)/t12?,14-,15+,16-,17-,18+/m0/s1. The largest absolute Gasteiger partial charge is 0.366 e. The number of piperazine rings is 1. The van der Waals surface area contributed by atoms with E-state index in [0.717, 1.165) is 18.5 Å². The molecule has 9 heteroatoms. The van der Waals surface area contributed by atoms with Gasteiger partial charge < -0.3 is 21.3 Å². The second kappa shape index (κ2) is 6.79. The Morgan fingerprint density at radius 1 is 1.20 bits per heavy atom. The van der Waals surface area contributed by atoms with E-state index in [0.29, 0.717) is 31.0 Å². The van der Waals surface area contributed by atoms with Crippen LogP contribution in [0.25, 0.3) is 0 Å². The maximum absolute atomic E-state index is 13.0. The van der Waals surface area contributed by atoms with Crippen LogP contribution in [0.2, 0.25) is 0 Å². The number of amides is 3. The average molecular weight is 408 g/mol. The van der Waals surface area contributed by atoms with Crippen LogP contribution >= 0.6 is 0 Å². The van der Waals surface area contributed by atoms with Gasteiger partial charge in [0.2, 0.25) is 17.7 Å². The Labute approximate surface area is 174 Å². The van der Waals surface area contributed by atoms with Crippen LogP contribution in [0, 0.1) is 17.2 Å². The molecule has 1 saturated carbocycles. The molecule has 4 fully saturated rings. The van der Waals surface area contributed by atoms with E-state index in [-0.39, 0.29) is 36.0 Å². The minimum atomic E-state index is -0.740. The van der Waals surface area contributed by atoms with Crippen LogP contribution in [0.1, 0.15) is 29.6 Å². The van der Waals surface area contributed by atoms with E-state index in [1.807, 2.05) is 4.90 Å². The number of hydrogen-bond acceptors (Lipinski definition) is 6. The molecular formula is C21H24N6O3. The molecule has 3 amide bonds. The Morgan fingerprint density at radius 2 is 1.93 bits per heavy atom. The first kappa shape index (κ1) is 19.0. The highest BCUT2D eigenvalue weighted by Crippen LogP contribution is 2.47. The topological polar surface area (TPSA) is 137 Å². The van der Waals surface area contributed by atoms with E-state index < -0.39 is 11.9 Å². The summed E-state index contributed by atoms with van der Waals surface area (Å²) in [5.74, 6) is -0.254. The SMILES string of the molecule is N#C[C@@H]1CC2C[C@@H]2N1C(=O)[C@@H](N)CN1C[C@H]2C[C@@H]1C(=O)N2c1ccc(C(N)=O)cc1. The number of carbonyl (C=O) groups is 3. The summed E-state index contributed by atoms with van der Waals surface area (Å²) in [5, 5.41) is 9.32. The lowest BCUT2D eigenvalue weighted by Gasteiger charge is -2.35. The lowest BCUT2D eigenvalue weighted by atomic mass is 10.1. The lowest BCUT2D eigenvalue weighted by molar-refractivity contribution is -0.135. The maximum Gasteiger partial charge on any atom is 0.248 e. The zero-order valence-electron chi connectivity index (χ0n) is 16.5. The molecule has 3 heterocycles. The molecule has 3 aliphatic heterocycles. The minimum Gasteiger partial charge on any atom is -0.366 e. The molecule has 0 radical (unpaired) electrons. The van der Waals surface area contributed by atoms with Gasteiger partial charge in [-0.3, -0.25) is 19.3 Å². The minimum absolute atomic E-state index is 0.00989. The Hall–Kier alpha value is -2.96. The number of benzene rings is 1. The number of anilines is 1. The highest BCUT2D eigenvalue weighted by molar-refractivity contribution is 6.02. The molecule has 9 nitrogen and oxygen atoms in total. The third kappa shape index (κ3) is 2.87. The van der Waals surface area contributed by atoms with Crippen molar-refractivity contribution in [2.75, 3.05) is 18.0 Å². The molecule has 2 bridgehead atoms. The predicted molar refractivity (Wildman–Crippen MR) is 107 cm³/mol. The number of primary amides is 1. The van der Waals surface area contributed by atoms with E-state index in [1.54, 1.807) is 34.1 Å². The second-order valence-corrected chi connectivity index (χ2v) is 8.77. The van der Waals surface area contributed by atoms with Gasteiger partial charge in [0, 0.05) is 30.4 Å². The van der Waals surface area contributed by atoms with Gasteiger partial charge in [-0.05, 0) is 49.4 Å². The van der Waals surface area contributed by atoms with Crippen LogP contribution in [-0.4, -0.2) is 70.8 Å². The Kier molecular flexibility index (Phi) is 4.31. The molecule has 5 rings (SSSR count). The smallest absolute Gasteiger partial charge is 0.248 e. The van der Waals surface area contributed by atoms with Gasteiger partial charge in [0.15, 0.2) is 0 Å². The first-order valence-electron chi connectivity index (χ1n) is 10.3. The summed E-state index contributed by atoms with van der Waals surface area (Å²) in [6.07, 6.45) is 2.40. The summed E-state index contributed by atoms with van der Waals surface area (Å²) < 4.78 is 0. The fourth-order valence-corrected chi connectivity index (χ4v) is 5.40. The number of piperidine rings is 1. The first-order chi connectivity index (χ1) is 14.4. The van der Waals surface area contributed by atoms with Crippen molar-refractivity contribution in [1.29, 1.82) is 5.26 Å². The van der Waals surface area contributed by atoms with Crippen LogP contribution in [-0.2, 0) is 9.59 Å². The van der Waals surface area contributed by atoms with Crippen LogP contribution in [0.3, 0.4) is 0 Å².